The Labute approximate surface area is 145 Å². The molecule has 3 rings (SSSR count). The van der Waals surface area contributed by atoms with E-state index in [4.69, 9.17) is 0 Å². The molecule has 0 saturated carbocycles. The summed E-state index contributed by atoms with van der Waals surface area (Å²) in [7, 11) is 4.06. The van der Waals surface area contributed by atoms with Gasteiger partial charge in [0, 0.05) is 18.5 Å². The van der Waals surface area contributed by atoms with Gasteiger partial charge in [0.1, 0.15) is 5.01 Å². The lowest BCUT2D eigenvalue weighted by molar-refractivity contribution is 0.0652. The standard InChI is InChI=1S/C18H21N3O2S/c1-20(2)11-16-19-13(12-24-16)7-5-6-10-21-17(22)14-8-3-4-9-15(14)18(21)23/h3-4,8-9,12H,5-7,10-11H2,1-2H3. The molecule has 6 heteroatoms. The van der Waals surface area contributed by atoms with Gasteiger partial charge in [0.05, 0.1) is 16.8 Å². The molecular formula is C18H21N3O2S. The first-order valence-electron chi connectivity index (χ1n) is 8.09. The molecule has 0 unspecified atom stereocenters. The van der Waals surface area contributed by atoms with Crippen molar-refractivity contribution in [2.75, 3.05) is 20.6 Å². The Kier molecular flexibility index (Phi) is 5.06. The van der Waals surface area contributed by atoms with Crippen LogP contribution in [0.4, 0.5) is 0 Å². The van der Waals surface area contributed by atoms with Crippen molar-refractivity contribution in [2.45, 2.75) is 25.8 Å². The Bertz CT molecular complexity index is 719. The van der Waals surface area contributed by atoms with Crippen molar-refractivity contribution in [1.29, 1.82) is 0 Å². The van der Waals surface area contributed by atoms with E-state index in [0.717, 1.165) is 36.5 Å². The van der Waals surface area contributed by atoms with E-state index in [2.05, 4.69) is 15.3 Å². The zero-order valence-electron chi connectivity index (χ0n) is 14.0. The number of carbonyl (C=O) groups excluding carboxylic acids is 2. The quantitative estimate of drug-likeness (QED) is 0.573. The minimum absolute atomic E-state index is 0.169. The molecule has 1 aromatic carbocycles. The van der Waals surface area contributed by atoms with Crippen molar-refractivity contribution in [3.05, 3.63) is 51.5 Å². The summed E-state index contributed by atoms with van der Waals surface area (Å²) in [5.74, 6) is -0.338. The fourth-order valence-corrected chi connectivity index (χ4v) is 3.77. The summed E-state index contributed by atoms with van der Waals surface area (Å²) in [6, 6.07) is 7.02. The molecule has 1 aliphatic rings. The van der Waals surface area contributed by atoms with Crippen LogP contribution in [0.1, 0.15) is 44.3 Å². The Morgan fingerprint density at radius 2 is 1.75 bits per heavy atom. The number of imide groups is 1. The van der Waals surface area contributed by atoms with E-state index in [1.165, 1.54) is 4.90 Å². The molecule has 2 aromatic rings. The van der Waals surface area contributed by atoms with Crippen LogP contribution >= 0.6 is 11.3 Å². The lowest BCUT2D eigenvalue weighted by atomic mass is 10.1. The molecule has 0 bridgehead atoms. The highest BCUT2D eigenvalue weighted by Gasteiger charge is 2.34. The van der Waals surface area contributed by atoms with Gasteiger partial charge in [-0.2, -0.15) is 0 Å². The first kappa shape index (κ1) is 16.8. The van der Waals surface area contributed by atoms with Gasteiger partial charge >= 0.3 is 0 Å². The molecule has 24 heavy (non-hydrogen) atoms. The van der Waals surface area contributed by atoms with Gasteiger partial charge < -0.3 is 4.90 Å². The van der Waals surface area contributed by atoms with Crippen molar-refractivity contribution in [3.8, 4) is 0 Å². The van der Waals surface area contributed by atoms with E-state index >= 15 is 0 Å². The van der Waals surface area contributed by atoms with Crippen LogP contribution in [0, 0.1) is 0 Å². The molecule has 0 saturated heterocycles. The highest BCUT2D eigenvalue weighted by atomic mass is 32.1. The van der Waals surface area contributed by atoms with E-state index in [0.29, 0.717) is 17.7 Å². The predicted molar refractivity (Wildman–Crippen MR) is 94.3 cm³/mol. The van der Waals surface area contributed by atoms with E-state index in [1.54, 1.807) is 35.6 Å². The van der Waals surface area contributed by atoms with E-state index in [-0.39, 0.29) is 11.8 Å². The maximum atomic E-state index is 12.3. The predicted octanol–water partition coefficient (Wildman–Crippen LogP) is 2.82. The second kappa shape index (κ2) is 7.23. The number of aryl methyl sites for hydroxylation is 1. The number of hydrogen-bond acceptors (Lipinski definition) is 5. The van der Waals surface area contributed by atoms with Gasteiger partial charge in [-0.25, -0.2) is 4.98 Å². The topological polar surface area (TPSA) is 53.5 Å². The first-order chi connectivity index (χ1) is 11.6. The maximum absolute atomic E-state index is 12.3. The van der Waals surface area contributed by atoms with Crippen molar-refractivity contribution in [2.24, 2.45) is 0 Å². The lowest BCUT2D eigenvalue weighted by Crippen LogP contribution is -2.30. The number of thiazole rings is 1. The summed E-state index contributed by atoms with van der Waals surface area (Å²) in [5.41, 5.74) is 2.14. The molecule has 0 N–H and O–H groups in total. The molecule has 0 aliphatic carbocycles. The minimum atomic E-state index is -0.169. The lowest BCUT2D eigenvalue weighted by Gasteiger charge is -2.13. The molecule has 0 fully saturated rings. The van der Waals surface area contributed by atoms with E-state index in [1.807, 2.05) is 14.1 Å². The molecule has 1 aromatic heterocycles. The average molecular weight is 343 g/mol. The molecule has 1 aliphatic heterocycles. The number of nitrogens with zero attached hydrogens (tertiary/aromatic N) is 3. The van der Waals surface area contributed by atoms with Crippen molar-refractivity contribution in [3.63, 3.8) is 0 Å². The highest BCUT2D eigenvalue weighted by molar-refractivity contribution is 7.09. The van der Waals surface area contributed by atoms with Crippen LogP contribution in [0.25, 0.3) is 0 Å². The molecule has 0 radical (unpaired) electrons. The van der Waals surface area contributed by atoms with Crippen LogP contribution in [-0.2, 0) is 13.0 Å². The summed E-state index contributed by atoms with van der Waals surface area (Å²) < 4.78 is 0. The summed E-state index contributed by atoms with van der Waals surface area (Å²) >= 11 is 1.68. The molecule has 0 atom stereocenters. The highest BCUT2D eigenvalue weighted by Crippen LogP contribution is 2.23. The molecule has 5 nitrogen and oxygen atoms in total. The smallest absolute Gasteiger partial charge is 0.261 e. The number of aromatic nitrogens is 1. The molecule has 126 valence electrons. The van der Waals surface area contributed by atoms with Crippen LogP contribution in [-0.4, -0.2) is 47.2 Å². The Hall–Kier alpha value is -2.05. The fourth-order valence-electron chi connectivity index (χ4n) is 2.83. The molecule has 2 heterocycles. The van der Waals surface area contributed by atoms with Gasteiger partial charge in [-0.3, -0.25) is 14.5 Å². The summed E-state index contributed by atoms with van der Waals surface area (Å²) in [6.45, 7) is 1.33. The third kappa shape index (κ3) is 3.55. The summed E-state index contributed by atoms with van der Waals surface area (Å²) in [4.78, 5) is 32.6. The van der Waals surface area contributed by atoms with E-state index < -0.39 is 0 Å². The van der Waals surface area contributed by atoms with Crippen molar-refractivity contribution < 1.29 is 9.59 Å². The third-order valence-electron chi connectivity index (χ3n) is 3.99. The number of rotatable bonds is 7. The zero-order valence-corrected chi connectivity index (χ0v) is 14.8. The number of hydrogen-bond donors (Lipinski definition) is 0. The molecular weight excluding hydrogens is 322 g/mol. The number of amides is 2. The first-order valence-corrected chi connectivity index (χ1v) is 8.97. The van der Waals surface area contributed by atoms with Gasteiger partial charge in [-0.05, 0) is 45.5 Å². The summed E-state index contributed by atoms with van der Waals surface area (Å²) in [6.07, 6.45) is 2.59. The van der Waals surface area contributed by atoms with Crippen LogP contribution in [0.2, 0.25) is 0 Å². The van der Waals surface area contributed by atoms with Gasteiger partial charge in [0.25, 0.3) is 11.8 Å². The van der Waals surface area contributed by atoms with Gasteiger partial charge in [0.2, 0.25) is 0 Å². The molecule has 2 amide bonds. The zero-order chi connectivity index (χ0) is 17.1. The van der Waals surface area contributed by atoms with Crippen molar-refractivity contribution in [1.82, 2.24) is 14.8 Å². The SMILES string of the molecule is CN(C)Cc1nc(CCCCN2C(=O)c3ccccc3C2=O)cs1. The Morgan fingerprint density at radius 3 is 2.38 bits per heavy atom. The largest absolute Gasteiger partial charge is 0.303 e. The average Bonchev–Trinajstić information content (AvgIpc) is 3.09. The number of fused-ring (bicyclic) bond motifs is 1. The van der Waals surface area contributed by atoms with Gasteiger partial charge in [0.15, 0.2) is 0 Å². The second-order valence-electron chi connectivity index (χ2n) is 6.23. The number of unbranched alkanes of at least 4 members (excludes halogenated alkanes) is 1. The molecule has 0 spiro atoms. The Morgan fingerprint density at radius 1 is 1.08 bits per heavy atom. The number of benzene rings is 1. The van der Waals surface area contributed by atoms with Gasteiger partial charge in [-0.1, -0.05) is 12.1 Å². The van der Waals surface area contributed by atoms with Crippen molar-refractivity contribution >= 4 is 23.2 Å². The van der Waals surface area contributed by atoms with Crippen LogP contribution in [0.3, 0.4) is 0 Å². The van der Waals surface area contributed by atoms with Crippen LogP contribution < -0.4 is 0 Å². The Balaban J connectivity index is 1.48. The normalized spacial score (nSPS) is 13.9. The van der Waals surface area contributed by atoms with E-state index in [9.17, 15) is 9.59 Å². The minimum Gasteiger partial charge on any atom is -0.303 e. The van der Waals surface area contributed by atoms with Gasteiger partial charge in [-0.15, -0.1) is 11.3 Å². The third-order valence-corrected chi connectivity index (χ3v) is 4.88. The monoisotopic (exact) mass is 343 g/mol. The second-order valence-corrected chi connectivity index (χ2v) is 7.18. The van der Waals surface area contributed by atoms with Crippen LogP contribution in [0.5, 0.6) is 0 Å². The van der Waals surface area contributed by atoms with Crippen LogP contribution in [0.15, 0.2) is 29.6 Å². The maximum Gasteiger partial charge on any atom is 0.261 e. The number of carbonyl (C=O) groups is 2. The summed E-state index contributed by atoms with van der Waals surface area (Å²) in [5, 5.41) is 3.22. The fraction of sp³-hybridized carbons (Fsp3) is 0.389.